The summed E-state index contributed by atoms with van der Waals surface area (Å²) in [7, 11) is -9.45. The van der Waals surface area contributed by atoms with E-state index >= 15 is 0 Å². The molecule has 5 heterocycles. The SMILES string of the molecule is C.CCCP1(=O)OP(=O)(CCC)OP(=O)(CCC)O1.CCN(CC)CC.Cl.Cl.Nc1cccc(CCC(=O)CCc2ccnc3[nH]ccc23)c1.O=C(CCc1cccc(NC(=O)C#Cc2ccccc2)c1)CCc1ccnc2[nH]ccc12.O=C(O)C#Cc1ccccc1.[2H]C. The highest BCUT2D eigenvalue weighted by Crippen LogP contribution is 2.82. The van der Waals surface area contributed by atoms with Crippen LogP contribution in [0.15, 0.2) is 158 Å². The number of nitrogen functional groups attached to an aromatic ring is 1. The van der Waals surface area contributed by atoms with E-state index in [2.05, 4.69) is 68.7 Å². The minimum atomic E-state index is -3.57. The Morgan fingerprint density at radius 3 is 1.35 bits per heavy atom. The molecular formula is C71H94Cl2N7O11P3. The lowest BCUT2D eigenvalue weighted by Gasteiger charge is -2.33. The Kier molecular flexibility index (Phi) is 39.6. The third kappa shape index (κ3) is 30.8. The number of anilines is 2. The molecule has 1 amide bonds. The molecule has 8 aromatic rings. The molecule has 0 saturated carbocycles. The number of aromatic nitrogens is 4. The minimum Gasteiger partial charge on any atom is -0.472 e. The van der Waals surface area contributed by atoms with E-state index in [1.807, 2.05) is 140 Å². The Labute approximate surface area is 570 Å². The van der Waals surface area contributed by atoms with E-state index in [0.717, 1.165) is 68.4 Å². The van der Waals surface area contributed by atoms with Crippen LogP contribution in [0.1, 0.15) is 136 Å². The van der Waals surface area contributed by atoms with E-state index in [1.54, 1.807) is 45.3 Å². The number of Topliss-reactive ketones (excluding diaryl/α,β-unsaturated/α-hetero) is 2. The van der Waals surface area contributed by atoms with E-state index in [-0.39, 0.29) is 68.2 Å². The van der Waals surface area contributed by atoms with Gasteiger partial charge in [0.1, 0.15) is 22.9 Å². The smallest absolute Gasteiger partial charge is 0.382 e. The molecule has 4 aromatic heterocycles. The lowest BCUT2D eigenvalue weighted by atomic mass is 10.0. The maximum absolute atomic E-state index is 12.4. The van der Waals surface area contributed by atoms with Crippen molar-refractivity contribution < 1.29 is 52.3 Å². The van der Waals surface area contributed by atoms with Crippen molar-refractivity contribution in [1.29, 1.82) is 0 Å². The van der Waals surface area contributed by atoms with Crippen molar-refractivity contribution in [1.82, 2.24) is 24.8 Å². The number of aryl methyl sites for hydroxylation is 4. The first-order chi connectivity index (χ1) is 44.3. The van der Waals surface area contributed by atoms with Gasteiger partial charge in [0.05, 0.1) is 18.5 Å². The van der Waals surface area contributed by atoms with Gasteiger partial charge in [0, 0.05) is 97.0 Å². The van der Waals surface area contributed by atoms with E-state index in [9.17, 15) is 32.9 Å². The fourth-order valence-corrected chi connectivity index (χ4v) is 18.5. The molecule has 6 N–H and O–H groups in total. The average molecular weight is 1390 g/mol. The number of pyridine rings is 2. The maximum atomic E-state index is 12.4. The lowest BCUT2D eigenvalue weighted by molar-refractivity contribution is -0.130. The van der Waals surface area contributed by atoms with Gasteiger partial charge < -0.3 is 31.0 Å². The fraction of sp³-hybridized carbons (Fsp3) is 0.352. The van der Waals surface area contributed by atoms with Crippen LogP contribution in [-0.2, 0) is 71.5 Å². The third-order valence-electron chi connectivity index (χ3n) is 13.7. The second-order valence-electron chi connectivity index (χ2n) is 20.8. The Balaban J connectivity index is 0.000000631. The van der Waals surface area contributed by atoms with Crippen LogP contribution >= 0.6 is 47.6 Å². The number of carbonyl (C=O) groups is 4. The number of carbonyl (C=O) groups excluding carboxylic acids is 3. The summed E-state index contributed by atoms with van der Waals surface area (Å²) in [5.41, 5.74) is 14.8. The normalized spacial score (nSPS) is 15.7. The van der Waals surface area contributed by atoms with Crippen molar-refractivity contribution in [3.63, 3.8) is 0 Å². The van der Waals surface area contributed by atoms with Crippen molar-refractivity contribution in [3.05, 3.63) is 192 Å². The van der Waals surface area contributed by atoms with Crippen LogP contribution in [0.4, 0.5) is 11.4 Å². The highest BCUT2D eigenvalue weighted by atomic mass is 35.5. The second-order valence-corrected chi connectivity index (χ2v) is 27.8. The number of nitrogens with zero attached hydrogens (tertiary/aromatic N) is 3. The van der Waals surface area contributed by atoms with Gasteiger partial charge in [-0.2, -0.15) is 0 Å². The summed E-state index contributed by atoms with van der Waals surface area (Å²) >= 11 is 0. The highest BCUT2D eigenvalue weighted by molar-refractivity contribution is 7.80. The standard InChI is InChI=1S/C27H23N3O2.C18H19N3O.C9H21O6P3.C9H6O2.C6H15N.2CH4.2ClH/c31-24(13-11-22-15-17-28-27-25(22)16-18-29-27)12-9-21-7-4-8-23(19-21)30-26(32)14-10-20-5-2-1-3-6-20;19-15-3-1-2-13(12-15)4-6-16(22)7-5-14-8-10-20-18-17(14)9-11-21-18;1-4-7-16(10)13-17(11,8-5-2)15-18(12,14-16)9-6-3;10-9(11)7-6-8-4-2-1-3-5-8;1-4-7(5-2)6-3;;;;/h1-8,15-19H,9,11-13H2,(H,28,29)(H,30,32);1-3,8-12H,4-7,19H2,(H,20,21);4-9H2,1-3H3;1-5H,(H,10,11);4-6H2,1-3H3;2*1H4;2*1H/i;;;;;1D;;;. The van der Waals surface area contributed by atoms with Crippen LogP contribution < -0.4 is 11.1 Å². The van der Waals surface area contributed by atoms with Gasteiger partial charge in [0.15, 0.2) is 0 Å². The predicted octanol–water partition coefficient (Wildman–Crippen LogP) is 17.4. The van der Waals surface area contributed by atoms with Crippen molar-refractivity contribution >= 4 is 104 Å². The van der Waals surface area contributed by atoms with Crippen molar-refractivity contribution in [2.75, 3.05) is 49.2 Å². The third-order valence-corrected chi connectivity index (χ3v) is 22.7. The summed E-state index contributed by atoms with van der Waals surface area (Å²) in [6, 6.07) is 41.6. The van der Waals surface area contributed by atoms with E-state index < -0.39 is 28.8 Å². The summed E-state index contributed by atoms with van der Waals surface area (Å²) in [6.07, 6.45) is 14.2. The molecule has 1 fully saturated rings. The number of halogens is 2. The monoisotopic (exact) mass is 1380 g/mol. The summed E-state index contributed by atoms with van der Waals surface area (Å²) in [4.78, 5) is 63.7. The number of hydrogen-bond acceptors (Lipinski definition) is 14. The molecule has 94 heavy (non-hydrogen) atoms. The number of carboxylic acids is 1. The molecule has 9 rings (SSSR count). The summed E-state index contributed by atoms with van der Waals surface area (Å²) in [5.74, 6) is 8.99. The first-order valence-electron chi connectivity index (χ1n) is 31.4. The number of fused-ring (bicyclic) bond motifs is 2. The van der Waals surface area contributed by atoms with Gasteiger partial charge in [-0.25, -0.2) is 27.7 Å². The van der Waals surface area contributed by atoms with Gasteiger partial charge in [-0.15, -0.1) is 24.8 Å². The Hall–Kier alpha value is -7.43. The van der Waals surface area contributed by atoms with Crippen LogP contribution in [-0.4, -0.2) is 91.5 Å². The molecule has 1 aliphatic rings. The number of rotatable bonds is 22. The number of nitrogens with one attached hydrogen (secondary N) is 3. The van der Waals surface area contributed by atoms with Crippen LogP contribution in [0.3, 0.4) is 0 Å². The molecule has 0 spiro atoms. The maximum Gasteiger partial charge on any atom is 0.382 e. The van der Waals surface area contributed by atoms with Crippen molar-refractivity contribution in [2.45, 2.75) is 127 Å². The molecule has 18 nitrogen and oxygen atoms in total. The molecule has 4 aromatic carbocycles. The molecule has 1 aliphatic heterocycles. The second kappa shape index (κ2) is 45.0. The Morgan fingerprint density at radius 1 is 0.553 bits per heavy atom. The van der Waals surface area contributed by atoms with Crippen LogP contribution in [0.2, 0.25) is 0 Å². The van der Waals surface area contributed by atoms with E-state index in [0.29, 0.717) is 63.5 Å². The molecule has 0 unspecified atom stereocenters. The fourth-order valence-electron chi connectivity index (χ4n) is 9.20. The van der Waals surface area contributed by atoms with Crippen LogP contribution in [0, 0.1) is 23.7 Å². The molecule has 0 radical (unpaired) electrons. The van der Waals surface area contributed by atoms with Gasteiger partial charge >= 0.3 is 34.7 Å². The van der Waals surface area contributed by atoms with Crippen LogP contribution in [0.25, 0.3) is 22.1 Å². The number of H-pyrrole nitrogens is 2. The zero-order valence-corrected chi connectivity index (χ0v) is 58.5. The molecular weight excluding hydrogens is 1290 g/mol. The van der Waals surface area contributed by atoms with Gasteiger partial charge in [-0.1, -0.05) is 129 Å². The molecule has 0 bridgehead atoms. The summed E-state index contributed by atoms with van der Waals surface area (Å²) in [6.45, 7) is 15.5. The number of ketones is 2. The number of carboxylic acid groups (broad SMARTS) is 1. The van der Waals surface area contributed by atoms with E-state index in [1.165, 1.54) is 32.6 Å². The van der Waals surface area contributed by atoms with Crippen molar-refractivity contribution in [2.24, 2.45) is 0 Å². The molecule has 0 aliphatic carbocycles. The number of aliphatic carboxylic acids is 1. The van der Waals surface area contributed by atoms with Gasteiger partial charge in [0.2, 0.25) is 0 Å². The topological polar surface area (TPSA) is 266 Å². The summed E-state index contributed by atoms with van der Waals surface area (Å²) < 4.78 is 58.0. The highest BCUT2D eigenvalue weighted by Gasteiger charge is 2.51. The van der Waals surface area contributed by atoms with Crippen LogP contribution in [0.5, 0.6) is 0 Å². The average Bonchev–Trinajstić information content (AvgIpc) is 1.36. The first kappa shape index (κ1) is 82.7. The quantitative estimate of drug-likeness (QED) is 0.0240. The van der Waals surface area contributed by atoms with Gasteiger partial charge in [-0.3, -0.25) is 28.1 Å². The molecule has 1 saturated heterocycles. The zero-order chi connectivity index (χ0) is 67.2. The van der Waals surface area contributed by atoms with Gasteiger partial charge in [-0.05, 0) is 160 Å². The summed E-state index contributed by atoms with van der Waals surface area (Å²) in [5, 5.41) is 13.2. The van der Waals surface area contributed by atoms with Crippen molar-refractivity contribution in [3.8, 4) is 23.7 Å². The number of amides is 1. The Bertz CT molecular complexity index is 3780. The number of aromatic amines is 2. The van der Waals surface area contributed by atoms with Gasteiger partial charge in [0.25, 0.3) is 0 Å². The van der Waals surface area contributed by atoms with E-state index in [4.69, 9.17) is 25.1 Å². The lowest BCUT2D eigenvalue weighted by Crippen LogP contribution is -2.21. The molecule has 23 heteroatoms. The number of hydrogen-bond donors (Lipinski definition) is 5. The molecule has 508 valence electrons. The largest absolute Gasteiger partial charge is 0.472 e. The number of benzene rings is 4. The minimum absolute atomic E-state index is 0. The zero-order valence-electron chi connectivity index (χ0n) is 55.1. The predicted molar refractivity (Wildman–Crippen MR) is 389 cm³/mol. The first-order valence-corrected chi connectivity index (χ1v) is 35.6. The number of nitrogens with two attached hydrogens (primary N) is 1. The Morgan fingerprint density at radius 2 is 0.957 bits per heavy atom. The molecule has 0 atom stereocenters.